The summed E-state index contributed by atoms with van der Waals surface area (Å²) in [5, 5.41) is 0. The number of alkyl halides is 1. The highest BCUT2D eigenvalue weighted by Crippen LogP contribution is 2.48. The maximum atomic E-state index is 13.7. The summed E-state index contributed by atoms with van der Waals surface area (Å²) in [5.41, 5.74) is 3.90. The molecule has 1 aromatic carbocycles. The summed E-state index contributed by atoms with van der Waals surface area (Å²) in [6, 6.07) is 5.02. The van der Waals surface area contributed by atoms with Crippen molar-refractivity contribution in [3.05, 3.63) is 23.3 Å². The second kappa shape index (κ2) is 8.17. The molecule has 0 radical (unpaired) electrons. The molecule has 2 saturated carbocycles. The van der Waals surface area contributed by atoms with E-state index in [1.54, 1.807) is 7.11 Å². The lowest BCUT2D eigenvalue weighted by molar-refractivity contribution is 0.169. The van der Waals surface area contributed by atoms with Crippen LogP contribution in [0.1, 0.15) is 56.9 Å². The van der Waals surface area contributed by atoms with Gasteiger partial charge < -0.3 is 19.3 Å². The monoisotopic (exact) mass is 400 g/mol. The van der Waals surface area contributed by atoms with Gasteiger partial charge in [-0.05, 0) is 76.1 Å². The van der Waals surface area contributed by atoms with Crippen LogP contribution in [0.2, 0.25) is 0 Å². The second-order valence-corrected chi connectivity index (χ2v) is 9.07. The predicted octanol–water partition coefficient (Wildman–Crippen LogP) is 4.82. The van der Waals surface area contributed by atoms with Gasteiger partial charge in [0.2, 0.25) is 0 Å². The van der Waals surface area contributed by atoms with Crippen LogP contribution in [0.25, 0.3) is 6.08 Å². The number of fused-ring (bicyclic) bond motifs is 2. The summed E-state index contributed by atoms with van der Waals surface area (Å²) >= 11 is 0. The van der Waals surface area contributed by atoms with E-state index in [4.69, 9.17) is 9.47 Å². The summed E-state index contributed by atoms with van der Waals surface area (Å²) in [5.74, 6) is 1.62. The quantitative estimate of drug-likeness (QED) is 0.613. The van der Waals surface area contributed by atoms with E-state index in [1.165, 1.54) is 55.6 Å². The van der Waals surface area contributed by atoms with Gasteiger partial charge >= 0.3 is 0 Å². The van der Waals surface area contributed by atoms with Gasteiger partial charge in [0.15, 0.2) is 11.5 Å². The first-order chi connectivity index (χ1) is 14.2. The van der Waals surface area contributed by atoms with Crippen LogP contribution in [0.4, 0.5) is 10.1 Å². The van der Waals surface area contributed by atoms with Crippen molar-refractivity contribution in [1.82, 2.24) is 4.90 Å². The van der Waals surface area contributed by atoms with E-state index < -0.39 is 6.17 Å². The van der Waals surface area contributed by atoms with Crippen LogP contribution < -0.4 is 14.4 Å². The van der Waals surface area contributed by atoms with Crippen molar-refractivity contribution in [3.63, 3.8) is 0 Å². The first-order valence-electron chi connectivity index (χ1n) is 11.4. The maximum absolute atomic E-state index is 13.7. The van der Waals surface area contributed by atoms with Gasteiger partial charge in [0, 0.05) is 29.9 Å². The largest absolute Gasteiger partial charge is 0.493 e. The molecule has 4 nitrogen and oxygen atoms in total. The Kier molecular flexibility index (Phi) is 5.42. The summed E-state index contributed by atoms with van der Waals surface area (Å²) < 4.78 is 25.5. The molecular formula is C24H33FN2O2. The third-order valence-electron chi connectivity index (χ3n) is 7.16. The van der Waals surface area contributed by atoms with Crippen molar-refractivity contribution in [1.29, 1.82) is 0 Å². The van der Waals surface area contributed by atoms with Crippen LogP contribution >= 0.6 is 0 Å². The van der Waals surface area contributed by atoms with Gasteiger partial charge in [0.25, 0.3) is 0 Å². The topological polar surface area (TPSA) is 24.9 Å². The molecule has 1 aromatic rings. The first-order valence-corrected chi connectivity index (χ1v) is 11.4. The third-order valence-corrected chi connectivity index (χ3v) is 7.16. The molecule has 0 aromatic heterocycles. The number of rotatable bonds is 7. The van der Waals surface area contributed by atoms with Crippen molar-refractivity contribution in [2.24, 2.45) is 0 Å². The Morgan fingerprint density at radius 2 is 1.93 bits per heavy atom. The standard InChI is InChI=1S/C24H33FN2O2/c1-28-23-13-18-12-17-6-4-7-21(17)27(20-14-19(25)15-20)22(18)16-24(23)29-11-5-10-26-8-2-3-9-26/h12-13,16,19-21H,2-11,14-15H2,1H3. The molecule has 2 aliphatic heterocycles. The molecule has 29 heavy (non-hydrogen) atoms. The SMILES string of the molecule is COc1cc2c(cc1OCCCN1CCCC1)N(C1CC(F)C1)C1CCCC1=C2. The van der Waals surface area contributed by atoms with E-state index >= 15 is 0 Å². The molecule has 0 amide bonds. The molecular weight excluding hydrogens is 367 g/mol. The molecule has 5 rings (SSSR count). The molecule has 1 saturated heterocycles. The summed E-state index contributed by atoms with van der Waals surface area (Å²) in [7, 11) is 1.71. The van der Waals surface area contributed by atoms with Gasteiger partial charge in [-0.2, -0.15) is 0 Å². The number of hydrogen-bond acceptors (Lipinski definition) is 4. The Bertz CT molecular complexity index is 768. The van der Waals surface area contributed by atoms with Gasteiger partial charge in [-0.3, -0.25) is 0 Å². The molecule has 4 aliphatic rings. The predicted molar refractivity (Wildman–Crippen MR) is 115 cm³/mol. The van der Waals surface area contributed by atoms with E-state index in [-0.39, 0.29) is 0 Å². The fourth-order valence-electron chi connectivity index (χ4n) is 5.56. The van der Waals surface area contributed by atoms with Crippen molar-refractivity contribution in [2.45, 2.75) is 69.6 Å². The van der Waals surface area contributed by atoms with Crippen LogP contribution in [0.5, 0.6) is 11.5 Å². The minimum Gasteiger partial charge on any atom is -0.493 e. The number of ether oxygens (including phenoxy) is 2. The number of benzene rings is 1. The van der Waals surface area contributed by atoms with E-state index in [2.05, 4.69) is 28.0 Å². The molecule has 158 valence electrons. The number of likely N-dealkylation sites (tertiary alicyclic amines) is 1. The highest BCUT2D eigenvalue weighted by atomic mass is 19.1. The highest BCUT2D eigenvalue weighted by molar-refractivity contribution is 5.79. The van der Waals surface area contributed by atoms with Crippen molar-refractivity contribution in [3.8, 4) is 11.5 Å². The van der Waals surface area contributed by atoms with Crippen molar-refractivity contribution in [2.75, 3.05) is 38.3 Å². The maximum Gasteiger partial charge on any atom is 0.163 e. The zero-order chi connectivity index (χ0) is 19.8. The first kappa shape index (κ1) is 19.2. The molecule has 3 fully saturated rings. The molecule has 0 spiro atoms. The van der Waals surface area contributed by atoms with Crippen LogP contribution in [0.3, 0.4) is 0 Å². The Morgan fingerprint density at radius 3 is 2.69 bits per heavy atom. The Hall–Kier alpha value is -1.75. The fourth-order valence-corrected chi connectivity index (χ4v) is 5.56. The zero-order valence-electron chi connectivity index (χ0n) is 17.5. The van der Waals surface area contributed by atoms with Crippen LogP contribution in [0.15, 0.2) is 17.7 Å². The number of anilines is 1. The smallest absolute Gasteiger partial charge is 0.163 e. The number of methoxy groups -OCH3 is 1. The number of halogens is 1. The molecule has 2 aliphatic carbocycles. The number of hydrogen-bond donors (Lipinski definition) is 0. The third kappa shape index (κ3) is 3.74. The molecule has 0 N–H and O–H groups in total. The minimum atomic E-state index is -0.640. The molecule has 5 heteroatoms. The Balaban J connectivity index is 1.35. The second-order valence-electron chi connectivity index (χ2n) is 9.07. The Labute approximate surface area is 173 Å². The van der Waals surface area contributed by atoms with E-state index in [1.807, 2.05) is 0 Å². The Morgan fingerprint density at radius 1 is 1.10 bits per heavy atom. The van der Waals surface area contributed by atoms with E-state index in [0.717, 1.165) is 30.9 Å². The van der Waals surface area contributed by atoms with Gasteiger partial charge in [-0.1, -0.05) is 6.08 Å². The lowest BCUT2D eigenvalue weighted by Gasteiger charge is -2.47. The molecule has 2 heterocycles. The van der Waals surface area contributed by atoms with Crippen LogP contribution in [-0.2, 0) is 0 Å². The average Bonchev–Trinajstić information content (AvgIpc) is 3.38. The van der Waals surface area contributed by atoms with Gasteiger partial charge in [0.05, 0.1) is 19.8 Å². The van der Waals surface area contributed by atoms with Crippen molar-refractivity contribution < 1.29 is 13.9 Å². The lowest BCUT2D eigenvalue weighted by Crippen LogP contribution is -2.51. The van der Waals surface area contributed by atoms with Crippen LogP contribution in [-0.4, -0.2) is 56.5 Å². The number of nitrogens with zero attached hydrogens (tertiary/aromatic N) is 2. The lowest BCUT2D eigenvalue weighted by atomic mass is 9.85. The van der Waals surface area contributed by atoms with Crippen LogP contribution in [0, 0.1) is 0 Å². The van der Waals surface area contributed by atoms with E-state index in [0.29, 0.717) is 31.5 Å². The van der Waals surface area contributed by atoms with Gasteiger partial charge in [0.1, 0.15) is 6.17 Å². The highest BCUT2D eigenvalue weighted by Gasteiger charge is 2.42. The zero-order valence-corrected chi connectivity index (χ0v) is 17.5. The normalized spacial score (nSPS) is 28.6. The van der Waals surface area contributed by atoms with Crippen molar-refractivity contribution >= 4 is 11.8 Å². The summed E-state index contributed by atoms with van der Waals surface area (Å²) in [6.07, 6.45) is 10.3. The summed E-state index contributed by atoms with van der Waals surface area (Å²) in [4.78, 5) is 5.02. The van der Waals surface area contributed by atoms with Gasteiger partial charge in [-0.15, -0.1) is 0 Å². The fraction of sp³-hybridized carbons (Fsp3) is 0.667. The molecule has 0 bridgehead atoms. The van der Waals surface area contributed by atoms with E-state index in [9.17, 15) is 4.39 Å². The summed E-state index contributed by atoms with van der Waals surface area (Å²) in [6.45, 7) is 4.26. The molecule has 1 unspecified atom stereocenters. The molecule has 1 atom stereocenters. The minimum absolute atomic E-state index is 0.312. The van der Waals surface area contributed by atoms with Gasteiger partial charge in [-0.25, -0.2) is 4.39 Å². The average molecular weight is 401 g/mol.